The maximum atomic E-state index is 11.2. The number of hydrogen-bond donors (Lipinski definition) is 2. The first kappa shape index (κ1) is 41.7. The van der Waals surface area contributed by atoms with Crippen molar-refractivity contribution in [2.75, 3.05) is 6.61 Å². The molecular weight excluding hydrogens is 830 g/mol. The summed E-state index contributed by atoms with van der Waals surface area (Å²) in [5.41, 5.74) is 2.05. The Kier molecular flexibility index (Phi) is 13.6. The molecule has 0 amide bonds. The maximum absolute atomic E-state index is 11.2. The van der Waals surface area contributed by atoms with Gasteiger partial charge in [-0.05, 0) is 121 Å². The Morgan fingerprint density at radius 1 is 0.744 bits per heavy atom. The van der Waals surface area contributed by atoms with Crippen LogP contribution in [0.25, 0.3) is 0 Å². The van der Waals surface area contributed by atoms with Gasteiger partial charge >= 0.3 is 77.6 Å². The molecule has 0 aromatic rings. The third-order valence-electron chi connectivity index (χ3n) is 13.9. The second-order valence-electron chi connectivity index (χ2n) is 16.3. The average molecular weight is 880 g/mol. The average Bonchev–Trinajstić information content (AvgIpc) is 3.75. The molecule has 6 rings (SSSR count). The first-order valence-corrected chi connectivity index (χ1v) is 25.1. The fourth-order valence-corrected chi connectivity index (χ4v) is 8.97. The normalized spacial score (nSPS) is 45.2. The van der Waals surface area contributed by atoms with E-state index in [1.807, 2.05) is 6.92 Å². The van der Waals surface area contributed by atoms with E-state index in [0.717, 1.165) is 42.4 Å². The van der Waals surface area contributed by atoms with Gasteiger partial charge < -0.3 is 10.2 Å². The molecule has 2 N–H and O–H groups in total. The number of carboxylic acid groups (broad SMARTS) is 1. The number of carboxylic acids is 1. The van der Waals surface area contributed by atoms with E-state index < -0.39 is 44.5 Å². The first-order chi connectivity index (χ1) is 18.8. The van der Waals surface area contributed by atoms with Crippen molar-refractivity contribution in [2.45, 2.75) is 107 Å². The van der Waals surface area contributed by atoms with E-state index in [4.69, 9.17) is 42.8 Å². The van der Waals surface area contributed by atoms with Gasteiger partial charge in [0.25, 0.3) is 0 Å². The molecule has 0 aromatic carbocycles. The summed E-state index contributed by atoms with van der Waals surface area (Å²) in [6, 6.07) is 0. The van der Waals surface area contributed by atoms with Gasteiger partial charge in [-0.3, -0.25) is 18.5 Å². The summed E-state index contributed by atoms with van der Waals surface area (Å²) in [6.07, 6.45) is 10.3. The van der Waals surface area contributed by atoms with Gasteiger partial charge in [-0.25, -0.2) is 0 Å². The zero-order valence-electron chi connectivity index (χ0n) is 27.1. The summed E-state index contributed by atoms with van der Waals surface area (Å²) in [6.45, 7) is 19.3. The molecule has 6 aliphatic rings. The summed E-state index contributed by atoms with van der Waals surface area (Å²) < 4.78 is 34.5. The van der Waals surface area contributed by atoms with Crippen molar-refractivity contribution in [3.05, 3.63) is 0 Å². The molecule has 10 atom stereocenters. The molecule has 13 heteroatoms. The van der Waals surface area contributed by atoms with Crippen LogP contribution in [0.3, 0.4) is 0 Å². The molecule has 6 saturated carbocycles. The largest absolute Gasteiger partial charge is 1.00 e. The van der Waals surface area contributed by atoms with Crippen LogP contribution in [0.4, 0.5) is 0 Å². The Balaban J connectivity index is 0.000000232. The second kappa shape index (κ2) is 14.0. The third-order valence-corrected chi connectivity index (χ3v) is 13.9. The van der Waals surface area contributed by atoms with Gasteiger partial charge in [0.2, 0.25) is 0 Å². The fraction of sp³-hybridized carbons (Fsp3) is 0.967. The quantitative estimate of drug-likeness (QED) is 0.240. The number of aliphatic hydroxyl groups excluding tert-OH is 1. The Morgan fingerprint density at radius 3 is 1.33 bits per heavy atom. The van der Waals surface area contributed by atoms with Gasteiger partial charge in [-0.1, -0.05) is 48.5 Å². The van der Waals surface area contributed by atoms with Crippen LogP contribution < -0.4 is 63.4 Å². The van der Waals surface area contributed by atoms with Crippen molar-refractivity contribution < 1.29 is 91.4 Å². The Morgan fingerprint density at radius 2 is 1.09 bits per heavy atom. The van der Waals surface area contributed by atoms with Crippen LogP contribution in [0.5, 0.6) is 0 Å². The monoisotopic (exact) mass is 879 g/mol. The summed E-state index contributed by atoms with van der Waals surface area (Å²) in [7, 11) is 14.8. The first-order valence-electron chi connectivity index (χ1n) is 14.9. The number of fused-ring (bicyclic) bond motifs is 2. The van der Waals surface area contributed by atoms with Crippen molar-refractivity contribution in [2.24, 2.45) is 68.0 Å². The minimum Gasteiger partial charge on any atom is -0.286 e. The number of aliphatic hydroxyl groups is 1. The molecule has 0 heterocycles. The van der Waals surface area contributed by atoms with Gasteiger partial charge in [0, 0.05) is 6.61 Å². The molecule has 6 aliphatic carbocycles. The SMILES string of the molecule is CC1(C(=O)O)CC1CC1CC2CC2(C)C1(C)C.CC1(CO)CC1CC1CC2CC2(C)C1(C)C.[Cl][Ru]([Cl])[Cl].[Na+].[O-][I+3]([O-])([O-])[O-]. The van der Waals surface area contributed by atoms with Gasteiger partial charge in [0.1, 0.15) is 20.1 Å². The van der Waals surface area contributed by atoms with Crippen LogP contribution in [0.15, 0.2) is 0 Å². The molecule has 0 aromatic heterocycles. The third kappa shape index (κ3) is 9.19. The predicted octanol–water partition coefficient (Wildman–Crippen LogP) is -1.66. The number of aliphatic carboxylic acids is 1. The number of hydrogen-bond acceptors (Lipinski definition) is 6. The van der Waals surface area contributed by atoms with Crippen molar-refractivity contribution >= 4 is 35.0 Å². The van der Waals surface area contributed by atoms with E-state index in [9.17, 15) is 15.0 Å². The molecule has 0 radical (unpaired) electrons. The van der Waals surface area contributed by atoms with Crippen molar-refractivity contribution in [1.82, 2.24) is 0 Å². The van der Waals surface area contributed by atoms with Crippen LogP contribution in [-0.2, 0) is 17.8 Å². The van der Waals surface area contributed by atoms with Gasteiger partial charge in [0.15, 0.2) is 0 Å². The van der Waals surface area contributed by atoms with E-state index in [0.29, 0.717) is 34.2 Å². The summed E-state index contributed by atoms with van der Waals surface area (Å²) in [5.74, 6) is 4.26. The molecule has 0 spiro atoms. The Labute approximate surface area is 304 Å². The van der Waals surface area contributed by atoms with Crippen molar-refractivity contribution in [3.63, 3.8) is 0 Å². The number of halogens is 4. The van der Waals surface area contributed by atoms with Crippen LogP contribution in [0.1, 0.15) is 107 Å². The zero-order chi connectivity index (χ0) is 32.5. The topological polar surface area (TPSA) is 150 Å². The standard InChI is InChI=1S/C15H24O2.C15H26O.3ClH.IO4.Na.Ru/c1-13(2)9(6-11-8-15(11,13)4)5-10-7-14(10,3)12(16)17;1-13(2)10(6-12-8-15(12,13)4)5-11-7-14(11,3)9-16;;;;2-1(3,4)5;;/h9-11H,5-8H2,1-4H3,(H,16,17);10-12,16H,5-9H2,1-4H3;3*1H;;;/q;;;;;-1;+1;+3/p-3. The van der Waals surface area contributed by atoms with Crippen LogP contribution in [-0.4, -0.2) is 22.8 Å². The van der Waals surface area contributed by atoms with Gasteiger partial charge in [0.05, 0.1) is 5.41 Å². The molecule has 7 nitrogen and oxygen atoms in total. The molecule has 43 heavy (non-hydrogen) atoms. The Bertz CT molecular complexity index is 1010. The van der Waals surface area contributed by atoms with E-state index in [2.05, 4.69) is 48.5 Å². The van der Waals surface area contributed by atoms with E-state index >= 15 is 0 Å². The molecule has 0 saturated heterocycles. The van der Waals surface area contributed by atoms with Gasteiger partial charge in [-0.15, -0.1) is 0 Å². The van der Waals surface area contributed by atoms with E-state index in [-0.39, 0.29) is 35.0 Å². The summed E-state index contributed by atoms with van der Waals surface area (Å²) in [4.78, 5) is 11.2. The summed E-state index contributed by atoms with van der Waals surface area (Å²) >= 11 is -7.69. The fourth-order valence-electron chi connectivity index (χ4n) is 8.97. The smallest absolute Gasteiger partial charge is 0.286 e. The van der Waals surface area contributed by atoms with E-state index in [1.54, 1.807) is 0 Å². The van der Waals surface area contributed by atoms with E-state index in [1.165, 1.54) is 38.5 Å². The molecule has 6 fully saturated rings. The Hall–Kier alpha value is 2.49. The van der Waals surface area contributed by atoms with Crippen molar-refractivity contribution in [1.29, 1.82) is 0 Å². The number of rotatable bonds is 6. The minimum absolute atomic E-state index is 0. The number of carbonyl (C=O) groups is 1. The molecular formula is C30H50Cl3INaO7Ru. The molecule has 249 valence electrons. The molecule has 0 aliphatic heterocycles. The van der Waals surface area contributed by atoms with Crippen LogP contribution in [0.2, 0.25) is 0 Å². The van der Waals surface area contributed by atoms with Crippen LogP contribution in [0, 0.1) is 68.0 Å². The maximum Gasteiger partial charge on any atom is 1.00 e. The van der Waals surface area contributed by atoms with Crippen molar-refractivity contribution in [3.8, 4) is 0 Å². The predicted molar refractivity (Wildman–Crippen MR) is 150 cm³/mol. The van der Waals surface area contributed by atoms with Gasteiger partial charge in [-0.2, -0.15) is 0 Å². The second-order valence-corrected chi connectivity index (χ2v) is 26.4. The summed E-state index contributed by atoms with van der Waals surface area (Å²) in [5, 5.41) is 18.5. The molecule has 10 unspecified atom stereocenters. The van der Waals surface area contributed by atoms with Crippen LogP contribution >= 0.6 is 29.1 Å². The molecule has 0 bridgehead atoms. The minimum atomic E-state index is -5.94. The zero-order valence-corrected chi connectivity index (χ0v) is 35.3.